The van der Waals surface area contributed by atoms with Crippen LogP contribution in [0.4, 0.5) is 5.82 Å². The zero-order chi connectivity index (χ0) is 13.7. The van der Waals surface area contributed by atoms with Gasteiger partial charge in [0.2, 0.25) is 0 Å². The molecule has 6 heteroatoms. The minimum Gasteiger partial charge on any atom is -0.351 e. The molecular formula is C13H21N5O. The molecule has 1 fully saturated rings. The van der Waals surface area contributed by atoms with Gasteiger partial charge in [0.15, 0.2) is 11.5 Å². The number of anilines is 1. The third-order valence-corrected chi connectivity index (χ3v) is 3.41. The van der Waals surface area contributed by atoms with Crippen LogP contribution in [0.15, 0.2) is 12.1 Å². The third-order valence-electron chi connectivity index (χ3n) is 3.41. The lowest BCUT2D eigenvalue weighted by molar-refractivity contribution is 0.0950. The fourth-order valence-electron chi connectivity index (χ4n) is 2.40. The number of hydrogen-bond acceptors (Lipinski definition) is 5. The van der Waals surface area contributed by atoms with E-state index in [9.17, 15) is 4.79 Å². The lowest BCUT2D eigenvalue weighted by Crippen LogP contribution is -2.44. The van der Waals surface area contributed by atoms with E-state index in [-0.39, 0.29) is 5.91 Å². The van der Waals surface area contributed by atoms with Gasteiger partial charge < -0.3 is 16.0 Å². The number of piperidine rings is 1. The second-order valence-corrected chi connectivity index (χ2v) is 4.71. The van der Waals surface area contributed by atoms with E-state index in [2.05, 4.69) is 20.4 Å². The highest BCUT2D eigenvalue weighted by atomic mass is 16.1. The Kier molecular flexibility index (Phi) is 4.68. The van der Waals surface area contributed by atoms with Crippen LogP contribution < -0.4 is 16.0 Å². The maximum atomic E-state index is 11.6. The van der Waals surface area contributed by atoms with Gasteiger partial charge in [0, 0.05) is 25.7 Å². The van der Waals surface area contributed by atoms with E-state index < -0.39 is 0 Å². The number of nitrogens with two attached hydrogens (primary N) is 1. The molecule has 1 atom stereocenters. The average molecular weight is 263 g/mol. The average Bonchev–Trinajstić information content (AvgIpc) is 2.47. The molecular weight excluding hydrogens is 242 g/mol. The second kappa shape index (κ2) is 6.47. The molecule has 1 aromatic heterocycles. The minimum atomic E-state index is -0.185. The van der Waals surface area contributed by atoms with Gasteiger partial charge in [0.1, 0.15) is 0 Å². The summed E-state index contributed by atoms with van der Waals surface area (Å²) in [4.78, 5) is 13.8. The smallest absolute Gasteiger partial charge is 0.271 e. The van der Waals surface area contributed by atoms with Crippen LogP contribution in [0, 0.1) is 0 Å². The van der Waals surface area contributed by atoms with Crippen LogP contribution in [0.3, 0.4) is 0 Å². The molecule has 1 aromatic rings. The van der Waals surface area contributed by atoms with Gasteiger partial charge in [0.25, 0.3) is 5.91 Å². The largest absolute Gasteiger partial charge is 0.351 e. The third kappa shape index (κ3) is 3.20. The van der Waals surface area contributed by atoms with Gasteiger partial charge >= 0.3 is 0 Å². The van der Waals surface area contributed by atoms with Crippen molar-refractivity contribution < 1.29 is 4.79 Å². The van der Waals surface area contributed by atoms with Crippen LogP contribution >= 0.6 is 0 Å². The first-order valence-corrected chi connectivity index (χ1v) is 6.85. The second-order valence-electron chi connectivity index (χ2n) is 4.71. The number of carbonyl (C=O) groups is 1. The molecule has 1 aliphatic rings. The van der Waals surface area contributed by atoms with Gasteiger partial charge in [-0.15, -0.1) is 10.2 Å². The van der Waals surface area contributed by atoms with Gasteiger partial charge in [-0.1, -0.05) is 0 Å². The summed E-state index contributed by atoms with van der Waals surface area (Å²) >= 11 is 0. The first kappa shape index (κ1) is 13.7. The molecule has 104 valence electrons. The van der Waals surface area contributed by atoms with Crippen molar-refractivity contribution in [2.75, 3.05) is 24.5 Å². The van der Waals surface area contributed by atoms with E-state index in [1.807, 2.05) is 13.0 Å². The zero-order valence-electron chi connectivity index (χ0n) is 11.3. The highest BCUT2D eigenvalue weighted by Crippen LogP contribution is 2.21. The number of carbonyl (C=O) groups excluding carboxylic acids is 1. The number of rotatable bonds is 4. The Morgan fingerprint density at radius 1 is 1.47 bits per heavy atom. The lowest BCUT2D eigenvalue weighted by Gasteiger charge is -2.35. The first-order chi connectivity index (χ1) is 9.26. The van der Waals surface area contributed by atoms with Crippen molar-refractivity contribution in [2.45, 2.75) is 32.2 Å². The van der Waals surface area contributed by atoms with E-state index >= 15 is 0 Å². The van der Waals surface area contributed by atoms with E-state index in [0.717, 1.165) is 25.2 Å². The molecule has 6 nitrogen and oxygen atoms in total. The summed E-state index contributed by atoms with van der Waals surface area (Å²) in [6, 6.07) is 3.90. The molecule has 0 aromatic carbocycles. The molecule has 0 radical (unpaired) electrons. The van der Waals surface area contributed by atoms with Crippen molar-refractivity contribution in [3.05, 3.63) is 17.8 Å². The summed E-state index contributed by atoms with van der Waals surface area (Å²) in [5.74, 6) is 0.624. The summed E-state index contributed by atoms with van der Waals surface area (Å²) in [5, 5.41) is 10.9. The Morgan fingerprint density at radius 3 is 2.95 bits per heavy atom. The minimum absolute atomic E-state index is 0.185. The molecule has 3 N–H and O–H groups in total. The molecule has 0 bridgehead atoms. The van der Waals surface area contributed by atoms with Crippen molar-refractivity contribution in [1.29, 1.82) is 0 Å². The SMILES string of the molecule is CCNC(=O)c1ccc(N2CCCCC2CN)nn1. The molecule has 0 spiro atoms. The van der Waals surface area contributed by atoms with Gasteiger partial charge in [-0.2, -0.15) is 0 Å². The maximum absolute atomic E-state index is 11.6. The highest BCUT2D eigenvalue weighted by molar-refractivity contribution is 5.92. The topological polar surface area (TPSA) is 84.1 Å². The van der Waals surface area contributed by atoms with Crippen LogP contribution in [0.1, 0.15) is 36.7 Å². The Balaban J connectivity index is 2.10. The molecule has 2 heterocycles. The van der Waals surface area contributed by atoms with Crippen molar-refractivity contribution in [2.24, 2.45) is 5.73 Å². The Labute approximate surface area is 113 Å². The highest BCUT2D eigenvalue weighted by Gasteiger charge is 2.22. The van der Waals surface area contributed by atoms with E-state index in [0.29, 0.717) is 24.8 Å². The number of nitrogens with one attached hydrogen (secondary N) is 1. The van der Waals surface area contributed by atoms with Gasteiger partial charge in [-0.05, 0) is 38.3 Å². The molecule has 1 aliphatic heterocycles. The summed E-state index contributed by atoms with van der Waals surface area (Å²) < 4.78 is 0. The summed E-state index contributed by atoms with van der Waals surface area (Å²) in [5.41, 5.74) is 6.15. The van der Waals surface area contributed by atoms with Crippen molar-refractivity contribution in [1.82, 2.24) is 15.5 Å². The fraction of sp³-hybridized carbons (Fsp3) is 0.615. The molecule has 0 aliphatic carbocycles. The first-order valence-electron chi connectivity index (χ1n) is 6.85. The molecule has 1 unspecified atom stereocenters. The summed E-state index contributed by atoms with van der Waals surface area (Å²) in [6.45, 7) is 4.04. The Morgan fingerprint density at radius 2 is 2.32 bits per heavy atom. The molecule has 2 rings (SSSR count). The van der Waals surface area contributed by atoms with Crippen molar-refractivity contribution >= 4 is 11.7 Å². The predicted octanol–water partition coefficient (Wildman–Crippen LogP) is 0.544. The number of aromatic nitrogens is 2. The molecule has 1 amide bonds. The number of hydrogen-bond donors (Lipinski definition) is 2. The van der Waals surface area contributed by atoms with Crippen LogP contribution in [0.25, 0.3) is 0 Å². The zero-order valence-corrected chi connectivity index (χ0v) is 11.3. The molecule has 19 heavy (non-hydrogen) atoms. The number of nitrogens with zero attached hydrogens (tertiary/aromatic N) is 3. The summed E-state index contributed by atoms with van der Waals surface area (Å²) in [7, 11) is 0. The van der Waals surface area contributed by atoms with Crippen LogP contribution in [0.5, 0.6) is 0 Å². The summed E-state index contributed by atoms with van der Waals surface area (Å²) in [6.07, 6.45) is 3.45. The van der Waals surface area contributed by atoms with Crippen molar-refractivity contribution in [3.8, 4) is 0 Å². The van der Waals surface area contributed by atoms with Crippen LogP contribution in [-0.2, 0) is 0 Å². The molecule has 1 saturated heterocycles. The lowest BCUT2D eigenvalue weighted by atomic mass is 10.0. The standard InChI is InChI=1S/C13H21N5O/c1-2-15-13(19)11-6-7-12(17-16-11)18-8-4-3-5-10(18)9-14/h6-7,10H,2-5,8-9,14H2,1H3,(H,15,19). The predicted molar refractivity (Wildman–Crippen MR) is 74.1 cm³/mol. The quantitative estimate of drug-likeness (QED) is 0.828. The fourth-order valence-corrected chi connectivity index (χ4v) is 2.40. The van der Waals surface area contributed by atoms with Crippen molar-refractivity contribution in [3.63, 3.8) is 0 Å². The van der Waals surface area contributed by atoms with E-state index in [4.69, 9.17) is 5.73 Å². The Hall–Kier alpha value is -1.69. The Bertz CT molecular complexity index is 420. The van der Waals surface area contributed by atoms with Gasteiger partial charge in [0.05, 0.1) is 0 Å². The van der Waals surface area contributed by atoms with E-state index in [1.54, 1.807) is 6.07 Å². The van der Waals surface area contributed by atoms with E-state index in [1.165, 1.54) is 6.42 Å². The maximum Gasteiger partial charge on any atom is 0.271 e. The van der Waals surface area contributed by atoms with Gasteiger partial charge in [-0.25, -0.2) is 0 Å². The molecule has 0 saturated carbocycles. The normalized spacial score (nSPS) is 19.3. The monoisotopic (exact) mass is 263 g/mol. The number of amides is 1. The van der Waals surface area contributed by atoms with Gasteiger partial charge in [-0.3, -0.25) is 4.79 Å². The van der Waals surface area contributed by atoms with Crippen LogP contribution in [-0.4, -0.2) is 41.8 Å². The van der Waals surface area contributed by atoms with Crippen LogP contribution in [0.2, 0.25) is 0 Å².